The van der Waals surface area contributed by atoms with E-state index in [2.05, 4.69) is 17.1 Å². The summed E-state index contributed by atoms with van der Waals surface area (Å²) in [5, 5.41) is 1.43. The highest BCUT2D eigenvalue weighted by Crippen LogP contribution is 2.20. The van der Waals surface area contributed by atoms with Gasteiger partial charge in [-0.1, -0.05) is 35.4 Å². The first-order valence-corrected chi connectivity index (χ1v) is 5.82. The topological polar surface area (TPSA) is 3.24 Å². The molecule has 0 saturated heterocycles. The van der Waals surface area contributed by atoms with Crippen molar-refractivity contribution in [3.05, 3.63) is 46.0 Å². The Morgan fingerprint density at radius 3 is 2.31 bits per heavy atom. The lowest BCUT2D eigenvalue weighted by Crippen LogP contribution is -2.26. The zero-order chi connectivity index (χ0) is 10.7. The fourth-order valence-electron chi connectivity index (χ4n) is 1.79. The second kappa shape index (κ2) is 6.51. The fourth-order valence-corrected chi connectivity index (χ4v) is 2.37. The van der Waals surface area contributed by atoms with E-state index in [4.69, 9.17) is 23.2 Å². The van der Waals surface area contributed by atoms with Gasteiger partial charge in [0, 0.05) is 29.7 Å². The van der Waals surface area contributed by atoms with Crippen LogP contribution in [0.5, 0.6) is 0 Å². The standard InChI is InChI=1S/C12H13Cl2N.ClH/c13-11-6-10(7-12(14)8-11)9-15-4-2-1-3-5-15;/h1-2,6-8H,3-5,9H2;1H. The number of nitrogens with zero attached hydrogens (tertiary/aromatic N) is 1. The molecule has 0 unspecified atom stereocenters. The molecule has 1 heterocycles. The van der Waals surface area contributed by atoms with Gasteiger partial charge in [0.05, 0.1) is 0 Å². The molecular weight excluding hydrogens is 264 g/mol. The monoisotopic (exact) mass is 277 g/mol. The highest BCUT2D eigenvalue weighted by molar-refractivity contribution is 6.34. The predicted molar refractivity (Wildman–Crippen MR) is 72.7 cm³/mol. The molecule has 0 aromatic heterocycles. The van der Waals surface area contributed by atoms with Crippen molar-refractivity contribution in [1.29, 1.82) is 0 Å². The quantitative estimate of drug-likeness (QED) is 0.734. The van der Waals surface area contributed by atoms with Gasteiger partial charge in [0.2, 0.25) is 0 Å². The van der Waals surface area contributed by atoms with E-state index in [1.165, 1.54) is 5.56 Å². The molecule has 0 fully saturated rings. The van der Waals surface area contributed by atoms with E-state index in [9.17, 15) is 0 Å². The van der Waals surface area contributed by atoms with Gasteiger partial charge in [-0.25, -0.2) is 0 Å². The first kappa shape index (κ1) is 13.9. The number of hydrogen-bond donors (Lipinski definition) is 0. The van der Waals surface area contributed by atoms with Crippen molar-refractivity contribution in [2.75, 3.05) is 13.1 Å². The zero-order valence-corrected chi connectivity index (χ0v) is 11.2. The molecule has 88 valence electrons. The summed E-state index contributed by atoms with van der Waals surface area (Å²) in [7, 11) is 0. The lowest BCUT2D eigenvalue weighted by molar-refractivity contribution is 0.291. The maximum atomic E-state index is 5.95. The minimum absolute atomic E-state index is 0. The van der Waals surface area contributed by atoms with Gasteiger partial charge in [0.1, 0.15) is 0 Å². The Hall–Kier alpha value is -0.210. The van der Waals surface area contributed by atoms with Crippen LogP contribution in [-0.2, 0) is 6.54 Å². The SMILES string of the molecule is Cl.Clc1cc(Cl)cc(CN2CC=CCC2)c1. The number of halogens is 3. The molecule has 0 aliphatic carbocycles. The number of rotatable bonds is 2. The van der Waals surface area contributed by atoms with Crippen LogP contribution in [0, 0.1) is 0 Å². The van der Waals surface area contributed by atoms with Crippen LogP contribution in [0.15, 0.2) is 30.4 Å². The van der Waals surface area contributed by atoms with Crippen LogP contribution in [-0.4, -0.2) is 18.0 Å². The van der Waals surface area contributed by atoms with Gasteiger partial charge in [-0.3, -0.25) is 4.90 Å². The highest BCUT2D eigenvalue weighted by atomic mass is 35.5. The molecule has 0 spiro atoms. The van der Waals surface area contributed by atoms with E-state index in [1.54, 1.807) is 6.07 Å². The second-order valence-electron chi connectivity index (χ2n) is 3.77. The molecular formula is C12H14Cl3N. The van der Waals surface area contributed by atoms with Crippen molar-refractivity contribution in [3.8, 4) is 0 Å². The van der Waals surface area contributed by atoms with E-state index < -0.39 is 0 Å². The largest absolute Gasteiger partial charge is 0.295 e. The third-order valence-corrected chi connectivity index (χ3v) is 2.91. The molecule has 0 bridgehead atoms. The number of benzene rings is 1. The van der Waals surface area contributed by atoms with Gasteiger partial charge in [-0.05, 0) is 30.2 Å². The molecule has 1 nitrogen and oxygen atoms in total. The number of hydrogen-bond acceptors (Lipinski definition) is 1. The molecule has 0 N–H and O–H groups in total. The first-order valence-electron chi connectivity index (χ1n) is 5.06. The van der Waals surface area contributed by atoms with Crippen LogP contribution >= 0.6 is 35.6 Å². The summed E-state index contributed by atoms with van der Waals surface area (Å²) in [4.78, 5) is 2.38. The molecule has 1 aliphatic rings. The molecule has 0 saturated carbocycles. The summed E-state index contributed by atoms with van der Waals surface area (Å²) in [6.07, 6.45) is 5.56. The van der Waals surface area contributed by atoms with Crippen LogP contribution in [0.4, 0.5) is 0 Å². The van der Waals surface area contributed by atoms with Gasteiger partial charge < -0.3 is 0 Å². The summed E-state index contributed by atoms with van der Waals surface area (Å²) in [6, 6.07) is 5.72. The molecule has 0 radical (unpaired) electrons. The van der Waals surface area contributed by atoms with Crippen LogP contribution < -0.4 is 0 Å². The van der Waals surface area contributed by atoms with Crippen LogP contribution in [0.3, 0.4) is 0 Å². The Balaban J connectivity index is 0.00000128. The Kier molecular flexibility index (Phi) is 5.63. The van der Waals surface area contributed by atoms with Crippen molar-refractivity contribution >= 4 is 35.6 Å². The average Bonchev–Trinajstić information content (AvgIpc) is 2.17. The van der Waals surface area contributed by atoms with Gasteiger partial charge in [0.15, 0.2) is 0 Å². The highest BCUT2D eigenvalue weighted by Gasteiger charge is 2.07. The zero-order valence-electron chi connectivity index (χ0n) is 8.83. The summed E-state index contributed by atoms with van der Waals surface area (Å²) < 4.78 is 0. The van der Waals surface area contributed by atoms with Crippen LogP contribution in [0.1, 0.15) is 12.0 Å². The molecule has 1 aromatic rings. The Bertz CT molecular complexity index is 356. The van der Waals surface area contributed by atoms with E-state index in [0.29, 0.717) is 10.0 Å². The lowest BCUT2D eigenvalue weighted by atomic mass is 10.2. The Labute approximate surface area is 112 Å². The summed E-state index contributed by atoms with van der Waals surface area (Å²) in [6.45, 7) is 3.05. The molecule has 4 heteroatoms. The maximum Gasteiger partial charge on any atom is 0.0424 e. The predicted octanol–water partition coefficient (Wildman–Crippen LogP) is 4.18. The van der Waals surface area contributed by atoms with Crippen molar-refractivity contribution in [1.82, 2.24) is 4.90 Å². The van der Waals surface area contributed by atoms with Crippen molar-refractivity contribution in [3.63, 3.8) is 0 Å². The Morgan fingerprint density at radius 1 is 1.06 bits per heavy atom. The first-order chi connectivity index (χ1) is 7.24. The summed E-state index contributed by atoms with van der Waals surface area (Å²) in [5.74, 6) is 0. The lowest BCUT2D eigenvalue weighted by Gasteiger charge is -2.23. The van der Waals surface area contributed by atoms with Gasteiger partial charge in [0.25, 0.3) is 0 Å². The third-order valence-electron chi connectivity index (χ3n) is 2.47. The van der Waals surface area contributed by atoms with Gasteiger partial charge >= 0.3 is 0 Å². The van der Waals surface area contributed by atoms with Crippen molar-refractivity contribution in [2.45, 2.75) is 13.0 Å². The summed E-state index contributed by atoms with van der Waals surface area (Å²) in [5.41, 5.74) is 1.18. The average molecular weight is 279 g/mol. The van der Waals surface area contributed by atoms with E-state index >= 15 is 0 Å². The molecule has 0 amide bonds. The third kappa shape index (κ3) is 3.99. The van der Waals surface area contributed by atoms with Gasteiger partial charge in [-0.15, -0.1) is 12.4 Å². The van der Waals surface area contributed by atoms with E-state index in [0.717, 1.165) is 26.1 Å². The normalized spacial score (nSPS) is 15.9. The maximum absolute atomic E-state index is 5.95. The van der Waals surface area contributed by atoms with Crippen LogP contribution in [0.2, 0.25) is 10.0 Å². The minimum atomic E-state index is 0. The summed E-state index contributed by atoms with van der Waals surface area (Å²) >= 11 is 11.9. The van der Waals surface area contributed by atoms with Gasteiger partial charge in [-0.2, -0.15) is 0 Å². The van der Waals surface area contributed by atoms with Crippen LogP contribution in [0.25, 0.3) is 0 Å². The molecule has 0 atom stereocenters. The second-order valence-corrected chi connectivity index (χ2v) is 4.65. The van der Waals surface area contributed by atoms with E-state index in [-0.39, 0.29) is 12.4 Å². The molecule has 1 aliphatic heterocycles. The molecule has 1 aromatic carbocycles. The van der Waals surface area contributed by atoms with Crippen molar-refractivity contribution < 1.29 is 0 Å². The van der Waals surface area contributed by atoms with Crippen molar-refractivity contribution in [2.24, 2.45) is 0 Å². The minimum Gasteiger partial charge on any atom is -0.295 e. The fraction of sp³-hybridized carbons (Fsp3) is 0.333. The molecule has 2 rings (SSSR count). The molecule has 16 heavy (non-hydrogen) atoms. The van der Waals surface area contributed by atoms with E-state index in [1.807, 2.05) is 12.1 Å². The smallest absolute Gasteiger partial charge is 0.0424 e. The Morgan fingerprint density at radius 2 is 1.75 bits per heavy atom.